The molecule has 0 aliphatic rings. The fourth-order valence-electron chi connectivity index (χ4n) is 1.99. The second-order valence-corrected chi connectivity index (χ2v) is 5.13. The lowest BCUT2D eigenvalue weighted by molar-refractivity contribution is -0.144. The van der Waals surface area contributed by atoms with Crippen molar-refractivity contribution in [1.82, 2.24) is 5.32 Å². The predicted molar refractivity (Wildman–Crippen MR) is 86.2 cm³/mol. The van der Waals surface area contributed by atoms with Crippen LogP contribution in [-0.4, -0.2) is 31.6 Å². The quantitative estimate of drug-likeness (QED) is 0.576. The Morgan fingerprint density at radius 2 is 1.73 bits per heavy atom. The van der Waals surface area contributed by atoms with Gasteiger partial charge < -0.3 is 14.8 Å². The Morgan fingerprint density at radius 3 is 2.46 bits per heavy atom. The summed E-state index contributed by atoms with van der Waals surface area (Å²) in [7, 11) is 0. The number of amides is 1. The summed E-state index contributed by atoms with van der Waals surface area (Å²) in [5, 5.41) is 2.33. The molecule has 26 heavy (non-hydrogen) atoms. The second-order valence-electron chi connectivity index (χ2n) is 5.13. The summed E-state index contributed by atoms with van der Waals surface area (Å²) in [4.78, 5) is 23.3. The number of carbonyl (C=O) groups excluding carboxylic acids is 2. The number of halogens is 3. The van der Waals surface area contributed by atoms with E-state index in [4.69, 9.17) is 9.47 Å². The number of ether oxygens (including phenoxy) is 2. The van der Waals surface area contributed by atoms with Gasteiger partial charge in [-0.25, -0.2) is 13.2 Å². The van der Waals surface area contributed by atoms with Crippen molar-refractivity contribution >= 4 is 11.9 Å². The van der Waals surface area contributed by atoms with Crippen LogP contribution in [0.4, 0.5) is 13.2 Å². The molecule has 8 heteroatoms. The molecule has 0 unspecified atom stereocenters. The third-order valence-electron chi connectivity index (χ3n) is 3.23. The van der Waals surface area contributed by atoms with Gasteiger partial charge in [-0.15, -0.1) is 0 Å². The fraction of sp³-hybridized carbons (Fsp3) is 0.222. The molecule has 0 spiro atoms. The molecule has 2 aromatic carbocycles. The highest BCUT2D eigenvalue weighted by atomic mass is 19.1. The lowest BCUT2D eigenvalue weighted by Crippen LogP contribution is -2.27. The van der Waals surface area contributed by atoms with Crippen molar-refractivity contribution in [3.05, 3.63) is 65.5 Å². The van der Waals surface area contributed by atoms with Gasteiger partial charge in [-0.1, -0.05) is 12.1 Å². The van der Waals surface area contributed by atoms with Crippen LogP contribution in [0, 0.1) is 17.5 Å². The molecule has 0 heterocycles. The van der Waals surface area contributed by atoms with Gasteiger partial charge in [0.2, 0.25) is 0 Å². The van der Waals surface area contributed by atoms with Gasteiger partial charge in [0, 0.05) is 12.6 Å². The van der Waals surface area contributed by atoms with Gasteiger partial charge in [0.25, 0.3) is 5.91 Å². The van der Waals surface area contributed by atoms with E-state index in [-0.39, 0.29) is 37.5 Å². The van der Waals surface area contributed by atoms with Crippen LogP contribution in [0.1, 0.15) is 16.8 Å². The van der Waals surface area contributed by atoms with Crippen LogP contribution in [0.5, 0.6) is 5.75 Å². The molecule has 0 saturated carbocycles. The zero-order chi connectivity index (χ0) is 18.9. The number of benzene rings is 2. The molecular weight excluding hydrogens is 351 g/mol. The van der Waals surface area contributed by atoms with Gasteiger partial charge in [-0.2, -0.15) is 0 Å². The van der Waals surface area contributed by atoms with Crippen LogP contribution < -0.4 is 10.1 Å². The monoisotopic (exact) mass is 367 g/mol. The third kappa shape index (κ3) is 5.80. The molecule has 138 valence electrons. The predicted octanol–water partition coefficient (Wildman–Crippen LogP) is 2.85. The molecule has 0 fully saturated rings. The first-order valence-electron chi connectivity index (χ1n) is 7.73. The number of hydrogen-bond acceptors (Lipinski definition) is 4. The van der Waals surface area contributed by atoms with E-state index in [0.29, 0.717) is 6.07 Å². The first-order valence-corrected chi connectivity index (χ1v) is 7.73. The molecule has 2 rings (SSSR count). The highest BCUT2D eigenvalue weighted by molar-refractivity contribution is 5.94. The van der Waals surface area contributed by atoms with Crippen LogP contribution in [-0.2, 0) is 9.53 Å². The SMILES string of the molecule is O=C(CCNC(=O)c1ccc(F)cc1F)OCCOc1ccccc1F. The molecule has 0 bridgehead atoms. The van der Waals surface area contributed by atoms with Gasteiger partial charge in [-0.3, -0.25) is 9.59 Å². The van der Waals surface area contributed by atoms with E-state index >= 15 is 0 Å². The standard InChI is InChI=1S/C18H16F3NO4/c19-12-5-6-13(15(21)11-12)18(24)22-8-7-17(23)26-10-9-25-16-4-2-1-3-14(16)20/h1-6,11H,7-10H2,(H,22,24). The molecule has 0 atom stereocenters. The summed E-state index contributed by atoms with van der Waals surface area (Å²) in [6, 6.07) is 8.39. The average Bonchev–Trinajstić information content (AvgIpc) is 2.60. The number of nitrogens with one attached hydrogen (secondary N) is 1. The minimum Gasteiger partial charge on any atom is -0.487 e. The smallest absolute Gasteiger partial charge is 0.307 e. The van der Waals surface area contributed by atoms with Crippen molar-refractivity contribution in [3.8, 4) is 5.75 Å². The van der Waals surface area contributed by atoms with Gasteiger partial charge in [-0.05, 0) is 24.3 Å². The summed E-state index contributed by atoms with van der Waals surface area (Å²) in [6.45, 7) is -0.198. The zero-order valence-electron chi connectivity index (χ0n) is 13.6. The Bertz CT molecular complexity index is 783. The number of hydrogen-bond donors (Lipinski definition) is 1. The number of rotatable bonds is 8. The summed E-state index contributed by atoms with van der Waals surface area (Å²) in [5.41, 5.74) is -0.321. The highest BCUT2D eigenvalue weighted by Gasteiger charge is 2.13. The Morgan fingerprint density at radius 1 is 0.962 bits per heavy atom. The Hall–Kier alpha value is -3.03. The van der Waals surface area contributed by atoms with E-state index in [0.717, 1.165) is 12.1 Å². The first-order chi connectivity index (χ1) is 12.5. The van der Waals surface area contributed by atoms with Gasteiger partial charge >= 0.3 is 5.97 Å². The maximum absolute atomic E-state index is 13.4. The highest BCUT2D eigenvalue weighted by Crippen LogP contribution is 2.15. The van der Waals surface area contributed by atoms with E-state index in [1.54, 1.807) is 6.07 Å². The van der Waals surface area contributed by atoms with Crippen LogP contribution in [0.25, 0.3) is 0 Å². The van der Waals surface area contributed by atoms with Crippen LogP contribution in [0.15, 0.2) is 42.5 Å². The zero-order valence-corrected chi connectivity index (χ0v) is 13.6. The normalized spacial score (nSPS) is 10.3. The van der Waals surface area contributed by atoms with Crippen molar-refractivity contribution in [2.75, 3.05) is 19.8 Å². The Balaban J connectivity index is 1.64. The molecule has 0 aliphatic carbocycles. The van der Waals surface area contributed by atoms with Crippen LogP contribution in [0.3, 0.4) is 0 Å². The number of carbonyl (C=O) groups is 2. The molecule has 1 amide bonds. The molecule has 2 aromatic rings. The van der Waals surface area contributed by atoms with Crippen molar-refractivity contribution in [3.63, 3.8) is 0 Å². The molecule has 0 radical (unpaired) electrons. The fourth-order valence-corrected chi connectivity index (χ4v) is 1.99. The van der Waals surface area contributed by atoms with Crippen molar-refractivity contribution in [2.24, 2.45) is 0 Å². The van der Waals surface area contributed by atoms with Crippen molar-refractivity contribution in [1.29, 1.82) is 0 Å². The van der Waals surface area contributed by atoms with E-state index in [9.17, 15) is 22.8 Å². The van der Waals surface area contributed by atoms with Crippen molar-refractivity contribution in [2.45, 2.75) is 6.42 Å². The molecule has 0 aromatic heterocycles. The Kier molecular flexibility index (Phi) is 7.02. The maximum atomic E-state index is 13.4. The van der Waals surface area contributed by atoms with E-state index in [2.05, 4.69) is 5.32 Å². The lowest BCUT2D eigenvalue weighted by Gasteiger charge is -2.09. The molecular formula is C18H16F3NO4. The van der Waals surface area contributed by atoms with Crippen LogP contribution in [0.2, 0.25) is 0 Å². The summed E-state index contributed by atoms with van der Waals surface area (Å²) < 4.78 is 49.5. The third-order valence-corrected chi connectivity index (χ3v) is 3.23. The summed E-state index contributed by atoms with van der Waals surface area (Å²) >= 11 is 0. The summed E-state index contributed by atoms with van der Waals surface area (Å²) in [5.74, 6) is -3.62. The Labute approximate surface area is 147 Å². The minimum atomic E-state index is -0.990. The topological polar surface area (TPSA) is 64.6 Å². The maximum Gasteiger partial charge on any atom is 0.307 e. The molecule has 0 saturated heterocycles. The van der Waals surface area contributed by atoms with E-state index in [1.165, 1.54) is 18.2 Å². The first kappa shape index (κ1) is 19.3. The number of para-hydroxylation sites is 1. The minimum absolute atomic E-state index is 0.0280. The second kappa shape index (κ2) is 9.45. The van der Waals surface area contributed by atoms with Crippen LogP contribution >= 0.6 is 0 Å². The van der Waals surface area contributed by atoms with Gasteiger partial charge in [0.1, 0.15) is 24.8 Å². The van der Waals surface area contributed by atoms with Crippen molar-refractivity contribution < 1.29 is 32.2 Å². The molecule has 0 aliphatic heterocycles. The van der Waals surface area contributed by atoms with E-state index < -0.39 is 29.3 Å². The lowest BCUT2D eigenvalue weighted by atomic mass is 10.2. The largest absolute Gasteiger partial charge is 0.487 e. The van der Waals surface area contributed by atoms with E-state index in [1.807, 2.05) is 0 Å². The summed E-state index contributed by atoms with van der Waals surface area (Å²) in [6.07, 6.45) is -0.145. The average molecular weight is 367 g/mol. The molecule has 1 N–H and O–H groups in total. The molecule has 5 nitrogen and oxygen atoms in total. The van der Waals surface area contributed by atoms with Gasteiger partial charge in [0.15, 0.2) is 11.6 Å². The number of esters is 1. The van der Waals surface area contributed by atoms with Gasteiger partial charge in [0.05, 0.1) is 12.0 Å².